The summed E-state index contributed by atoms with van der Waals surface area (Å²) in [6.07, 6.45) is -0.00341. The van der Waals surface area contributed by atoms with Crippen LogP contribution in [-0.2, 0) is 4.79 Å². The molecule has 2 rings (SSSR count). The van der Waals surface area contributed by atoms with E-state index in [4.69, 9.17) is 27.9 Å². The van der Waals surface area contributed by atoms with E-state index in [1.165, 1.54) is 7.11 Å². The third kappa shape index (κ3) is 5.75. The van der Waals surface area contributed by atoms with E-state index in [1.807, 2.05) is 0 Å². The Morgan fingerprint density at radius 2 is 1.73 bits per heavy atom. The molecule has 6 nitrogen and oxygen atoms in total. The number of nitrogens with zero attached hydrogens (tertiary/aromatic N) is 1. The highest BCUT2D eigenvalue weighted by atomic mass is 35.5. The molecule has 0 unspecified atom stereocenters. The number of rotatable bonds is 6. The molecule has 0 saturated carbocycles. The van der Waals surface area contributed by atoms with Crippen molar-refractivity contribution in [2.24, 2.45) is 5.10 Å². The Hall–Kier alpha value is -2.57. The van der Waals surface area contributed by atoms with E-state index in [-0.39, 0.29) is 12.3 Å². The molecule has 0 atom stereocenters. The molecule has 26 heavy (non-hydrogen) atoms. The number of hydrogen-bond acceptors (Lipinski definition) is 4. The van der Waals surface area contributed by atoms with Gasteiger partial charge in [-0.25, -0.2) is 5.43 Å². The molecule has 2 N–H and O–H groups in total. The lowest BCUT2D eigenvalue weighted by atomic mass is 10.2. The van der Waals surface area contributed by atoms with Crippen LogP contribution in [0.25, 0.3) is 0 Å². The maximum Gasteiger partial charge on any atom is 0.271 e. The highest BCUT2D eigenvalue weighted by molar-refractivity contribution is 6.31. The lowest BCUT2D eigenvalue weighted by Crippen LogP contribution is -2.21. The third-order valence-electron chi connectivity index (χ3n) is 3.31. The molecular weight excluding hydrogens is 377 g/mol. The number of anilines is 1. The van der Waals surface area contributed by atoms with Crippen LogP contribution in [-0.4, -0.2) is 24.6 Å². The van der Waals surface area contributed by atoms with E-state index in [1.54, 1.807) is 49.4 Å². The zero-order chi connectivity index (χ0) is 19.1. The van der Waals surface area contributed by atoms with E-state index in [9.17, 15) is 9.59 Å². The Morgan fingerprint density at radius 3 is 2.38 bits per heavy atom. The Kier molecular flexibility index (Phi) is 7.00. The standard InChI is InChI=1S/C18H17Cl2N3O3/c1-11(22-23-18(25)12-3-5-13(19)6-4-12)9-17(24)21-15-10-14(20)7-8-16(15)26-2/h3-8,10H,9H2,1-2H3,(H,21,24)(H,23,25). The van der Waals surface area contributed by atoms with Crippen molar-refractivity contribution in [2.45, 2.75) is 13.3 Å². The van der Waals surface area contributed by atoms with Crippen LogP contribution < -0.4 is 15.5 Å². The van der Waals surface area contributed by atoms with Gasteiger partial charge in [0.05, 0.1) is 19.2 Å². The molecular formula is C18H17Cl2N3O3. The van der Waals surface area contributed by atoms with Gasteiger partial charge in [-0.3, -0.25) is 9.59 Å². The van der Waals surface area contributed by atoms with Crippen molar-refractivity contribution in [3.8, 4) is 5.75 Å². The van der Waals surface area contributed by atoms with Crippen molar-refractivity contribution in [3.63, 3.8) is 0 Å². The topological polar surface area (TPSA) is 79.8 Å². The predicted molar refractivity (Wildman–Crippen MR) is 103 cm³/mol. The summed E-state index contributed by atoms with van der Waals surface area (Å²) in [5.74, 6) is -0.209. The summed E-state index contributed by atoms with van der Waals surface area (Å²) in [6.45, 7) is 1.64. The van der Waals surface area contributed by atoms with Crippen molar-refractivity contribution in [1.82, 2.24) is 5.43 Å². The zero-order valence-corrected chi connectivity index (χ0v) is 15.7. The minimum atomic E-state index is -0.391. The number of ether oxygens (including phenoxy) is 1. The lowest BCUT2D eigenvalue weighted by Gasteiger charge is -2.10. The summed E-state index contributed by atoms with van der Waals surface area (Å²) in [4.78, 5) is 24.1. The van der Waals surface area contributed by atoms with Gasteiger partial charge in [-0.2, -0.15) is 5.10 Å². The van der Waals surface area contributed by atoms with Crippen LogP contribution in [0.1, 0.15) is 23.7 Å². The molecule has 0 saturated heterocycles. The fourth-order valence-electron chi connectivity index (χ4n) is 2.06. The normalized spacial score (nSPS) is 11.0. The second-order valence-electron chi connectivity index (χ2n) is 5.36. The largest absolute Gasteiger partial charge is 0.495 e. The van der Waals surface area contributed by atoms with Gasteiger partial charge >= 0.3 is 0 Å². The van der Waals surface area contributed by atoms with Crippen molar-refractivity contribution < 1.29 is 14.3 Å². The van der Waals surface area contributed by atoms with E-state index >= 15 is 0 Å². The summed E-state index contributed by atoms with van der Waals surface area (Å²) in [5, 5.41) is 7.64. The number of halogens is 2. The van der Waals surface area contributed by atoms with Crippen molar-refractivity contribution in [1.29, 1.82) is 0 Å². The Labute approximate surface area is 161 Å². The number of nitrogens with one attached hydrogen (secondary N) is 2. The van der Waals surface area contributed by atoms with Gasteiger partial charge in [0.1, 0.15) is 5.75 Å². The van der Waals surface area contributed by atoms with Crippen LogP contribution in [0.2, 0.25) is 10.0 Å². The number of amides is 2. The first-order valence-corrected chi connectivity index (χ1v) is 8.37. The molecule has 0 radical (unpaired) electrons. The van der Waals surface area contributed by atoms with Crippen molar-refractivity contribution in [2.75, 3.05) is 12.4 Å². The van der Waals surface area contributed by atoms with Gasteiger partial charge in [-0.1, -0.05) is 23.2 Å². The quantitative estimate of drug-likeness (QED) is 0.571. The summed E-state index contributed by atoms with van der Waals surface area (Å²) < 4.78 is 5.17. The molecule has 0 aromatic heterocycles. The summed E-state index contributed by atoms with van der Waals surface area (Å²) in [5.41, 5.74) is 3.71. The van der Waals surface area contributed by atoms with Crippen molar-refractivity contribution in [3.05, 3.63) is 58.1 Å². The highest BCUT2D eigenvalue weighted by Crippen LogP contribution is 2.27. The van der Waals surface area contributed by atoms with E-state index in [0.717, 1.165) is 0 Å². The van der Waals surface area contributed by atoms with E-state index in [0.29, 0.717) is 32.8 Å². The maximum absolute atomic E-state index is 12.1. The molecule has 0 heterocycles. The van der Waals surface area contributed by atoms with Crippen molar-refractivity contribution >= 4 is 46.4 Å². The molecule has 8 heteroatoms. The monoisotopic (exact) mass is 393 g/mol. The Bertz CT molecular complexity index is 836. The fourth-order valence-corrected chi connectivity index (χ4v) is 2.35. The first-order valence-electron chi connectivity index (χ1n) is 7.61. The summed E-state index contributed by atoms with van der Waals surface area (Å²) >= 11 is 11.7. The van der Waals surface area contributed by atoms with E-state index in [2.05, 4.69) is 15.8 Å². The molecule has 0 aliphatic heterocycles. The third-order valence-corrected chi connectivity index (χ3v) is 3.79. The second-order valence-corrected chi connectivity index (χ2v) is 6.24. The molecule has 2 aromatic carbocycles. The molecule has 0 bridgehead atoms. The average molecular weight is 394 g/mol. The molecule has 136 valence electrons. The molecule has 0 fully saturated rings. The molecule has 2 amide bonds. The van der Waals surface area contributed by atoms with Crippen LogP contribution in [0.4, 0.5) is 5.69 Å². The first kappa shape index (κ1) is 19.8. The maximum atomic E-state index is 12.1. The molecule has 2 aromatic rings. The highest BCUT2D eigenvalue weighted by Gasteiger charge is 2.10. The van der Waals surface area contributed by atoms with Gasteiger partial charge in [-0.05, 0) is 49.4 Å². The van der Waals surface area contributed by atoms with Gasteiger partial charge in [0.2, 0.25) is 5.91 Å². The Morgan fingerprint density at radius 1 is 1.08 bits per heavy atom. The second kappa shape index (κ2) is 9.22. The summed E-state index contributed by atoms with van der Waals surface area (Å²) in [7, 11) is 1.50. The van der Waals surface area contributed by atoms with Gasteiger partial charge in [0.25, 0.3) is 5.91 Å². The minimum Gasteiger partial charge on any atom is -0.495 e. The van der Waals surface area contributed by atoms with Gasteiger partial charge in [0, 0.05) is 21.3 Å². The van der Waals surface area contributed by atoms with Crippen LogP contribution in [0, 0.1) is 0 Å². The predicted octanol–water partition coefficient (Wildman–Crippen LogP) is 4.14. The number of hydrogen-bond donors (Lipinski definition) is 2. The van der Waals surface area contributed by atoms with E-state index < -0.39 is 5.91 Å². The molecule has 0 spiro atoms. The lowest BCUT2D eigenvalue weighted by molar-refractivity contribution is -0.115. The fraction of sp³-hybridized carbons (Fsp3) is 0.167. The van der Waals surface area contributed by atoms with Crippen LogP contribution in [0.5, 0.6) is 5.75 Å². The Balaban J connectivity index is 1.94. The smallest absolute Gasteiger partial charge is 0.271 e. The van der Waals surface area contributed by atoms with Crippen LogP contribution in [0.3, 0.4) is 0 Å². The summed E-state index contributed by atoms with van der Waals surface area (Å²) in [6, 6.07) is 11.3. The number of carbonyl (C=O) groups is 2. The van der Waals surface area contributed by atoms with Crippen LogP contribution >= 0.6 is 23.2 Å². The minimum absolute atomic E-state index is 0.00341. The molecule has 0 aliphatic rings. The van der Waals surface area contributed by atoms with Gasteiger partial charge < -0.3 is 10.1 Å². The number of methoxy groups -OCH3 is 1. The number of hydrazone groups is 1. The number of benzene rings is 2. The first-order chi connectivity index (χ1) is 12.4. The average Bonchev–Trinajstić information content (AvgIpc) is 2.60. The zero-order valence-electron chi connectivity index (χ0n) is 14.2. The number of carbonyl (C=O) groups excluding carboxylic acids is 2. The van der Waals surface area contributed by atoms with Crippen LogP contribution in [0.15, 0.2) is 47.6 Å². The van der Waals surface area contributed by atoms with Gasteiger partial charge in [-0.15, -0.1) is 0 Å². The SMILES string of the molecule is COc1ccc(Cl)cc1NC(=O)CC(C)=NNC(=O)c1ccc(Cl)cc1. The van der Waals surface area contributed by atoms with Gasteiger partial charge in [0.15, 0.2) is 0 Å². The molecule has 0 aliphatic carbocycles.